The zero-order valence-electron chi connectivity index (χ0n) is 18.7. The summed E-state index contributed by atoms with van der Waals surface area (Å²) in [6.07, 6.45) is 9.85. The standard InChI is InChI=1S/C27H24N6O/c1-2-19-16-24(34)33(22-6-4-3-5-7-22)25-23(19)17-28-26(31-25)30-20-8-10-21(11-9-20)32-15-14-29-27(18-32)12-13-27/h1,3-11,16-17,29H,12-15,18H2,(H,28,30,31). The summed E-state index contributed by atoms with van der Waals surface area (Å²) >= 11 is 0. The van der Waals surface area contributed by atoms with E-state index in [1.54, 1.807) is 10.8 Å². The monoisotopic (exact) mass is 448 g/mol. The van der Waals surface area contributed by atoms with Crippen LogP contribution in [0.2, 0.25) is 0 Å². The quantitative estimate of drug-likeness (QED) is 0.466. The van der Waals surface area contributed by atoms with E-state index in [-0.39, 0.29) is 5.56 Å². The summed E-state index contributed by atoms with van der Waals surface area (Å²) in [5.41, 5.74) is 3.86. The van der Waals surface area contributed by atoms with Gasteiger partial charge in [-0.05, 0) is 49.2 Å². The van der Waals surface area contributed by atoms with Gasteiger partial charge in [-0.2, -0.15) is 4.98 Å². The highest BCUT2D eigenvalue weighted by molar-refractivity contribution is 5.84. The number of piperazine rings is 1. The molecule has 2 fully saturated rings. The number of fused-ring (bicyclic) bond motifs is 1. The predicted molar refractivity (Wildman–Crippen MR) is 135 cm³/mol. The van der Waals surface area contributed by atoms with Crippen LogP contribution < -0.4 is 21.1 Å². The first kappa shape index (κ1) is 20.5. The van der Waals surface area contributed by atoms with Crippen molar-refractivity contribution < 1.29 is 0 Å². The minimum absolute atomic E-state index is 0.231. The lowest BCUT2D eigenvalue weighted by Gasteiger charge is -2.35. The van der Waals surface area contributed by atoms with Gasteiger partial charge >= 0.3 is 0 Å². The van der Waals surface area contributed by atoms with Gasteiger partial charge in [-0.3, -0.25) is 9.36 Å². The zero-order valence-corrected chi connectivity index (χ0v) is 18.7. The van der Waals surface area contributed by atoms with Gasteiger partial charge in [0.15, 0.2) is 5.65 Å². The summed E-state index contributed by atoms with van der Waals surface area (Å²) < 4.78 is 1.56. The van der Waals surface area contributed by atoms with Crippen LogP contribution in [0.1, 0.15) is 18.4 Å². The largest absolute Gasteiger partial charge is 0.368 e. The van der Waals surface area contributed by atoms with E-state index in [1.165, 1.54) is 24.6 Å². The van der Waals surface area contributed by atoms with Gasteiger partial charge < -0.3 is 15.5 Å². The third-order valence-corrected chi connectivity index (χ3v) is 6.65. The number of para-hydroxylation sites is 1. The molecule has 2 aromatic heterocycles. The van der Waals surface area contributed by atoms with Crippen LogP contribution in [0.25, 0.3) is 16.7 Å². The number of rotatable bonds is 4. The SMILES string of the molecule is C#Cc1cc(=O)n(-c2ccccc2)c2nc(Nc3ccc(N4CCNC5(CC5)C4)cc3)ncc12. The van der Waals surface area contributed by atoms with E-state index in [2.05, 4.69) is 43.6 Å². The van der Waals surface area contributed by atoms with Crippen molar-refractivity contribution in [3.63, 3.8) is 0 Å². The molecule has 6 rings (SSSR count). The van der Waals surface area contributed by atoms with E-state index in [0.717, 1.165) is 31.0 Å². The average molecular weight is 449 g/mol. The zero-order chi connectivity index (χ0) is 23.1. The lowest BCUT2D eigenvalue weighted by molar-refractivity contribution is 0.442. The molecule has 1 aliphatic heterocycles. The number of nitrogens with one attached hydrogen (secondary N) is 2. The number of aromatic nitrogens is 3. The van der Waals surface area contributed by atoms with Crippen molar-refractivity contribution in [3.8, 4) is 18.0 Å². The maximum atomic E-state index is 12.9. The smallest absolute Gasteiger partial charge is 0.258 e. The minimum atomic E-state index is -0.231. The van der Waals surface area contributed by atoms with Crippen molar-refractivity contribution in [3.05, 3.63) is 82.8 Å². The number of pyridine rings is 1. The molecule has 0 bridgehead atoms. The van der Waals surface area contributed by atoms with Gasteiger partial charge in [0, 0.05) is 54.4 Å². The summed E-state index contributed by atoms with van der Waals surface area (Å²) in [6.45, 7) is 3.09. The molecular formula is C27H24N6O. The van der Waals surface area contributed by atoms with E-state index in [9.17, 15) is 4.79 Å². The molecular weight excluding hydrogens is 424 g/mol. The number of benzene rings is 2. The first-order valence-electron chi connectivity index (χ1n) is 11.5. The fourth-order valence-corrected chi connectivity index (χ4v) is 4.66. The van der Waals surface area contributed by atoms with Crippen molar-refractivity contribution in [1.82, 2.24) is 19.9 Å². The van der Waals surface area contributed by atoms with Crippen LogP contribution in [0.3, 0.4) is 0 Å². The molecule has 0 radical (unpaired) electrons. The molecule has 7 nitrogen and oxygen atoms in total. The van der Waals surface area contributed by atoms with E-state index >= 15 is 0 Å². The molecule has 2 aromatic carbocycles. The summed E-state index contributed by atoms with van der Waals surface area (Å²) in [7, 11) is 0. The maximum absolute atomic E-state index is 12.9. The normalized spacial score (nSPS) is 16.4. The first-order chi connectivity index (χ1) is 16.6. The highest BCUT2D eigenvalue weighted by Crippen LogP contribution is 2.38. The Balaban J connectivity index is 1.32. The molecule has 3 heterocycles. The van der Waals surface area contributed by atoms with Gasteiger partial charge in [-0.15, -0.1) is 6.42 Å². The molecule has 168 valence electrons. The number of anilines is 3. The van der Waals surface area contributed by atoms with Crippen LogP contribution in [0.5, 0.6) is 0 Å². The van der Waals surface area contributed by atoms with Crippen LogP contribution in [0, 0.1) is 12.3 Å². The third-order valence-electron chi connectivity index (χ3n) is 6.65. The van der Waals surface area contributed by atoms with Crippen molar-refractivity contribution in [2.45, 2.75) is 18.4 Å². The molecule has 0 amide bonds. The Morgan fingerprint density at radius 1 is 1.06 bits per heavy atom. The van der Waals surface area contributed by atoms with Crippen LogP contribution >= 0.6 is 0 Å². The Kier molecular flexibility index (Phi) is 4.82. The Morgan fingerprint density at radius 3 is 2.59 bits per heavy atom. The lowest BCUT2D eigenvalue weighted by atomic mass is 10.1. The molecule has 2 aliphatic rings. The molecule has 1 saturated carbocycles. The molecule has 0 atom stereocenters. The van der Waals surface area contributed by atoms with Crippen LogP contribution in [-0.2, 0) is 0 Å². The van der Waals surface area contributed by atoms with Gasteiger partial charge in [0.1, 0.15) is 0 Å². The van der Waals surface area contributed by atoms with E-state index in [0.29, 0.717) is 28.1 Å². The van der Waals surface area contributed by atoms with E-state index in [1.807, 2.05) is 42.5 Å². The number of nitrogens with zero attached hydrogens (tertiary/aromatic N) is 4. The Labute approximate surface area is 197 Å². The summed E-state index contributed by atoms with van der Waals surface area (Å²) in [5, 5.41) is 7.57. The average Bonchev–Trinajstić information content (AvgIpc) is 3.62. The van der Waals surface area contributed by atoms with Gasteiger partial charge in [0.2, 0.25) is 5.95 Å². The second-order valence-electron chi connectivity index (χ2n) is 8.94. The number of hydrogen-bond donors (Lipinski definition) is 2. The molecule has 2 N–H and O–H groups in total. The minimum Gasteiger partial charge on any atom is -0.368 e. The van der Waals surface area contributed by atoms with Crippen molar-refractivity contribution in [2.75, 3.05) is 29.9 Å². The fourth-order valence-electron chi connectivity index (χ4n) is 4.66. The second-order valence-corrected chi connectivity index (χ2v) is 8.94. The van der Waals surface area contributed by atoms with Crippen LogP contribution in [0.4, 0.5) is 17.3 Å². The highest BCUT2D eigenvalue weighted by Gasteiger charge is 2.45. The van der Waals surface area contributed by atoms with Crippen LogP contribution in [0.15, 0.2) is 71.7 Å². The molecule has 4 aromatic rings. The summed E-state index contributed by atoms with van der Waals surface area (Å²) in [6, 6.07) is 19.2. The third kappa shape index (κ3) is 3.68. The van der Waals surface area contributed by atoms with Crippen molar-refractivity contribution >= 4 is 28.4 Å². The van der Waals surface area contributed by atoms with Crippen molar-refractivity contribution in [1.29, 1.82) is 0 Å². The maximum Gasteiger partial charge on any atom is 0.258 e. The van der Waals surface area contributed by atoms with Gasteiger partial charge in [-0.1, -0.05) is 24.1 Å². The van der Waals surface area contributed by atoms with Crippen molar-refractivity contribution in [2.24, 2.45) is 0 Å². The lowest BCUT2D eigenvalue weighted by Crippen LogP contribution is -2.52. The Morgan fingerprint density at radius 2 is 1.85 bits per heavy atom. The van der Waals surface area contributed by atoms with Crippen LogP contribution in [-0.4, -0.2) is 39.7 Å². The molecule has 7 heteroatoms. The molecule has 0 unspecified atom stereocenters. The Hall–Kier alpha value is -4.15. The van der Waals surface area contributed by atoms with E-state index in [4.69, 9.17) is 6.42 Å². The van der Waals surface area contributed by atoms with E-state index < -0.39 is 0 Å². The van der Waals surface area contributed by atoms with Gasteiger partial charge in [0.25, 0.3) is 5.56 Å². The van der Waals surface area contributed by atoms with Gasteiger partial charge in [-0.25, -0.2) is 4.98 Å². The van der Waals surface area contributed by atoms with Gasteiger partial charge in [0.05, 0.1) is 11.1 Å². The molecule has 1 aliphatic carbocycles. The molecule has 34 heavy (non-hydrogen) atoms. The summed E-state index contributed by atoms with van der Waals surface area (Å²) in [4.78, 5) is 24.5. The molecule has 1 saturated heterocycles. The fraction of sp³-hybridized carbons (Fsp3) is 0.222. The Bertz CT molecular complexity index is 1470. The second kappa shape index (κ2) is 8.01. The summed E-state index contributed by atoms with van der Waals surface area (Å²) in [5.74, 6) is 2.98. The topological polar surface area (TPSA) is 75.1 Å². The molecule has 1 spiro atoms. The number of terminal acetylenes is 1. The highest BCUT2D eigenvalue weighted by atomic mass is 16.1. The number of hydrogen-bond acceptors (Lipinski definition) is 6. The first-order valence-corrected chi connectivity index (χ1v) is 11.5. The predicted octanol–water partition coefficient (Wildman–Crippen LogP) is 3.45.